The van der Waals surface area contributed by atoms with Crippen LogP contribution in [0.3, 0.4) is 0 Å². The van der Waals surface area contributed by atoms with Crippen LogP contribution in [0.25, 0.3) is 0 Å². The van der Waals surface area contributed by atoms with Crippen LogP contribution in [0.15, 0.2) is 0 Å². The van der Waals surface area contributed by atoms with E-state index in [1.807, 2.05) is 6.92 Å². The fraction of sp³-hybridized carbons (Fsp3) is 0.556. The van der Waals surface area contributed by atoms with E-state index in [4.69, 9.17) is 18.0 Å². The third kappa shape index (κ3) is 5.44. The first kappa shape index (κ1) is 12.8. The van der Waals surface area contributed by atoms with Gasteiger partial charge in [0.05, 0.1) is 6.04 Å². The summed E-state index contributed by atoms with van der Waals surface area (Å²) in [5.41, 5.74) is 0. The Labute approximate surface area is 88.4 Å². The second-order valence-corrected chi connectivity index (χ2v) is 2.97. The second kappa shape index (κ2) is 7.22. The van der Waals surface area contributed by atoms with Gasteiger partial charge in [0.25, 0.3) is 0 Å². The lowest BCUT2D eigenvalue weighted by atomic mass is 10.2. The van der Waals surface area contributed by atoms with E-state index in [2.05, 4.69) is 16.6 Å². The fourth-order valence-corrected chi connectivity index (χ4v) is 0.903. The summed E-state index contributed by atoms with van der Waals surface area (Å²) < 4.78 is 0. The molecule has 0 saturated carbocycles. The zero-order valence-electron chi connectivity index (χ0n) is 7.97. The molecule has 0 aliphatic rings. The van der Waals surface area contributed by atoms with Gasteiger partial charge in [0.15, 0.2) is 0 Å². The molecule has 0 aliphatic heterocycles. The molecule has 0 saturated heterocycles. The molecule has 0 aromatic carbocycles. The van der Waals surface area contributed by atoms with Gasteiger partial charge in [0, 0.05) is 12.3 Å². The molecule has 0 heterocycles. The molecule has 1 atom stereocenters. The molecule has 5 heteroatoms. The van der Waals surface area contributed by atoms with E-state index in [-0.39, 0.29) is 18.3 Å². The predicted octanol–water partition coefficient (Wildman–Crippen LogP) is 0.853. The molecule has 0 radical (unpaired) electrons. The quantitative estimate of drug-likeness (QED) is 0.541. The van der Waals surface area contributed by atoms with Gasteiger partial charge in [-0.25, -0.2) is 4.79 Å². The molecule has 78 valence electrons. The van der Waals surface area contributed by atoms with E-state index >= 15 is 0 Å². The number of imide groups is 1. The minimum atomic E-state index is -0.579. The lowest BCUT2D eigenvalue weighted by Gasteiger charge is -2.10. The fourth-order valence-electron chi connectivity index (χ4n) is 0.731. The van der Waals surface area contributed by atoms with Crippen molar-refractivity contribution >= 4 is 23.5 Å². The Balaban J connectivity index is 3.87. The van der Waals surface area contributed by atoms with Gasteiger partial charge in [0.1, 0.15) is 0 Å². The molecular formula is C9H13ClN2O2. The van der Waals surface area contributed by atoms with Gasteiger partial charge >= 0.3 is 6.03 Å². The van der Waals surface area contributed by atoms with Gasteiger partial charge < -0.3 is 5.32 Å². The van der Waals surface area contributed by atoms with E-state index in [1.54, 1.807) is 0 Å². The Morgan fingerprint density at radius 1 is 1.57 bits per heavy atom. The number of carbonyl (C=O) groups excluding carboxylic acids is 2. The minimum Gasteiger partial charge on any atom is -0.324 e. The van der Waals surface area contributed by atoms with Crippen LogP contribution >= 0.6 is 11.6 Å². The summed E-state index contributed by atoms with van der Waals surface area (Å²) in [6, 6.07) is -0.927. The number of amides is 3. The first-order chi connectivity index (χ1) is 6.63. The molecule has 0 aromatic heterocycles. The topological polar surface area (TPSA) is 58.2 Å². The molecule has 3 amide bonds. The normalized spacial score (nSPS) is 11.2. The zero-order valence-corrected chi connectivity index (χ0v) is 8.73. The van der Waals surface area contributed by atoms with Crippen molar-refractivity contribution in [3.05, 3.63) is 0 Å². The Kier molecular flexibility index (Phi) is 6.59. The van der Waals surface area contributed by atoms with Gasteiger partial charge in [-0.15, -0.1) is 18.0 Å². The van der Waals surface area contributed by atoms with Crippen molar-refractivity contribution in [1.82, 2.24) is 10.6 Å². The van der Waals surface area contributed by atoms with Crippen LogP contribution in [-0.4, -0.2) is 23.9 Å². The minimum absolute atomic E-state index is 0.113. The SMILES string of the molecule is C#CC(CC)NC(=O)NC(=O)CCCl. The highest BCUT2D eigenvalue weighted by atomic mass is 35.5. The molecule has 0 rings (SSSR count). The van der Waals surface area contributed by atoms with Gasteiger partial charge in [-0.3, -0.25) is 10.1 Å². The highest BCUT2D eigenvalue weighted by molar-refractivity contribution is 6.19. The average molecular weight is 217 g/mol. The molecule has 0 spiro atoms. The summed E-state index contributed by atoms with van der Waals surface area (Å²) >= 11 is 5.32. The molecule has 4 nitrogen and oxygen atoms in total. The monoisotopic (exact) mass is 216 g/mol. The second-order valence-electron chi connectivity index (χ2n) is 2.59. The number of hydrogen-bond acceptors (Lipinski definition) is 2. The first-order valence-electron chi connectivity index (χ1n) is 4.26. The largest absolute Gasteiger partial charge is 0.324 e. The number of carbonyl (C=O) groups is 2. The van der Waals surface area contributed by atoms with E-state index in [9.17, 15) is 9.59 Å². The Morgan fingerprint density at radius 3 is 2.64 bits per heavy atom. The number of alkyl halides is 1. The third-order valence-corrected chi connectivity index (χ3v) is 1.68. The maximum atomic E-state index is 11.1. The van der Waals surface area contributed by atoms with Crippen LogP contribution in [0.1, 0.15) is 19.8 Å². The molecule has 14 heavy (non-hydrogen) atoms. The van der Waals surface area contributed by atoms with Crippen molar-refractivity contribution in [1.29, 1.82) is 0 Å². The van der Waals surface area contributed by atoms with Crippen LogP contribution in [-0.2, 0) is 4.79 Å². The summed E-state index contributed by atoms with van der Waals surface area (Å²) in [5, 5.41) is 4.57. The van der Waals surface area contributed by atoms with Crippen molar-refractivity contribution < 1.29 is 9.59 Å². The summed E-state index contributed by atoms with van der Waals surface area (Å²) in [7, 11) is 0. The summed E-state index contributed by atoms with van der Waals surface area (Å²) in [6.45, 7) is 1.84. The molecule has 0 fully saturated rings. The number of rotatable bonds is 4. The van der Waals surface area contributed by atoms with Gasteiger partial charge in [-0.2, -0.15) is 0 Å². The summed E-state index contributed by atoms with van der Waals surface area (Å²) in [6.07, 6.45) is 5.85. The number of halogens is 1. The molecule has 1 unspecified atom stereocenters. The van der Waals surface area contributed by atoms with Crippen LogP contribution in [0, 0.1) is 12.3 Å². The van der Waals surface area contributed by atoms with E-state index in [0.717, 1.165) is 0 Å². The number of urea groups is 1. The van der Waals surface area contributed by atoms with E-state index < -0.39 is 11.9 Å². The van der Waals surface area contributed by atoms with Crippen LogP contribution in [0.2, 0.25) is 0 Å². The summed E-state index contributed by atoms with van der Waals surface area (Å²) in [5.74, 6) is 2.15. The summed E-state index contributed by atoms with van der Waals surface area (Å²) in [4.78, 5) is 22.0. The van der Waals surface area contributed by atoms with E-state index in [0.29, 0.717) is 6.42 Å². The molecule has 0 aliphatic carbocycles. The highest BCUT2D eigenvalue weighted by Crippen LogP contribution is 1.88. The van der Waals surface area contributed by atoms with Crippen molar-refractivity contribution in [2.24, 2.45) is 0 Å². The van der Waals surface area contributed by atoms with Crippen molar-refractivity contribution in [3.63, 3.8) is 0 Å². The first-order valence-corrected chi connectivity index (χ1v) is 4.79. The Morgan fingerprint density at radius 2 is 2.21 bits per heavy atom. The maximum Gasteiger partial charge on any atom is 0.322 e. The predicted molar refractivity (Wildman–Crippen MR) is 54.9 cm³/mol. The van der Waals surface area contributed by atoms with Crippen LogP contribution < -0.4 is 10.6 Å². The number of nitrogens with one attached hydrogen (secondary N) is 2. The average Bonchev–Trinajstić information content (AvgIpc) is 2.14. The lowest BCUT2D eigenvalue weighted by Crippen LogP contribution is -2.43. The number of hydrogen-bond donors (Lipinski definition) is 2. The third-order valence-electron chi connectivity index (χ3n) is 1.49. The van der Waals surface area contributed by atoms with Crippen molar-refractivity contribution in [2.75, 3.05) is 5.88 Å². The van der Waals surface area contributed by atoms with Gasteiger partial charge in [-0.1, -0.05) is 12.8 Å². The number of terminal acetylenes is 1. The molecule has 0 bridgehead atoms. The molecular weight excluding hydrogens is 204 g/mol. The lowest BCUT2D eigenvalue weighted by molar-refractivity contribution is -0.119. The molecule has 0 aromatic rings. The highest BCUT2D eigenvalue weighted by Gasteiger charge is 2.09. The Bertz CT molecular complexity index is 248. The Hall–Kier alpha value is -1.21. The van der Waals surface area contributed by atoms with Crippen LogP contribution in [0.4, 0.5) is 4.79 Å². The van der Waals surface area contributed by atoms with Crippen molar-refractivity contribution in [2.45, 2.75) is 25.8 Å². The van der Waals surface area contributed by atoms with Crippen LogP contribution in [0.5, 0.6) is 0 Å². The molecule has 2 N–H and O–H groups in total. The standard InChI is InChI=1S/C9H13ClN2O2/c1-3-7(4-2)11-9(14)12-8(13)5-6-10/h1,7H,4-6H2,2H3,(H2,11,12,13,14). The maximum absolute atomic E-state index is 11.1. The zero-order chi connectivity index (χ0) is 11.0. The van der Waals surface area contributed by atoms with Gasteiger partial charge in [0.2, 0.25) is 5.91 Å². The van der Waals surface area contributed by atoms with Crippen molar-refractivity contribution in [3.8, 4) is 12.3 Å². The smallest absolute Gasteiger partial charge is 0.322 e. The van der Waals surface area contributed by atoms with E-state index in [1.165, 1.54) is 0 Å². The van der Waals surface area contributed by atoms with Gasteiger partial charge in [-0.05, 0) is 6.42 Å².